The summed E-state index contributed by atoms with van der Waals surface area (Å²) in [6, 6.07) is 4.79. The van der Waals surface area contributed by atoms with E-state index in [9.17, 15) is 9.59 Å². The summed E-state index contributed by atoms with van der Waals surface area (Å²) in [7, 11) is 1.51. The van der Waals surface area contributed by atoms with Gasteiger partial charge in [-0.2, -0.15) is 0 Å². The minimum atomic E-state index is -1.00. The Morgan fingerprint density at radius 3 is 2.69 bits per heavy atom. The number of nitrogens with zero attached hydrogens (tertiary/aromatic N) is 2. The lowest BCUT2D eigenvalue weighted by atomic mass is 10.1. The highest BCUT2D eigenvalue weighted by Crippen LogP contribution is 2.23. The molecular formula is C19H24N2O5. The van der Waals surface area contributed by atoms with Gasteiger partial charge in [-0.3, -0.25) is 4.79 Å². The summed E-state index contributed by atoms with van der Waals surface area (Å²) in [5.41, 5.74) is 1.79. The molecule has 2 aromatic rings. The fraction of sp³-hybridized carbons (Fsp3) is 0.421. The predicted octanol–water partition coefficient (Wildman–Crippen LogP) is 3.04. The molecule has 140 valence electrons. The third-order valence-electron chi connectivity index (χ3n) is 4.06. The van der Waals surface area contributed by atoms with Crippen LogP contribution in [0, 0.1) is 0 Å². The van der Waals surface area contributed by atoms with Crippen molar-refractivity contribution in [2.24, 2.45) is 0 Å². The van der Waals surface area contributed by atoms with Gasteiger partial charge in [-0.15, -0.1) is 0 Å². The second kappa shape index (κ2) is 9.03. The number of rotatable bonds is 9. The van der Waals surface area contributed by atoms with Crippen molar-refractivity contribution in [2.75, 3.05) is 7.11 Å². The lowest BCUT2D eigenvalue weighted by Crippen LogP contribution is -2.12. The van der Waals surface area contributed by atoms with Gasteiger partial charge < -0.3 is 19.1 Å². The molecule has 0 aliphatic heterocycles. The summed E-state index contributed by atoms with van der Waals surface area (Å²) in [6.07, 6.45) is 4.57. The minimum absolute atomic E-state index is 0.143. The fourth-order valence-corrected chi connectivity index (χ4v) is 2.65. The lowest BCUT2D eigenvalue weighted by molar-refractivity contribution is -0.142. The standard InChI is InChI=1S/C19H24N2O5/c1-4-5-6-18-20-10-16(12-26-13(2)22)21(18)11-15-8-7-14(19(23)24)9-17(15)25-3/h7-10H,4-6,11-12H2,1-3H3,(H,23,24). The Bertz CT molecular complexity index is 782. The number of hydrogen-bond donors (Lipinski definition) is 1. The van der Waals surface area contributed by atoms with Crippen LogP contribution in [0.5, 0.6) is 5.75 Å². The van der Waals surface area contributed by atoms with Gasteiger partial charge in [-0.25, -0.2) is 9.78 Å². The Balaban J connectivity index is 2.35. The molecule has 7 nitrogen and oxygen atoms in total. The van der Waals surface area contributed by atoms with E-state index in [4.69, 9.17) is 14.6 Å². The summed E-state index contributed by atoms with van der Waals surface area (Å²) in [5, 5.41) is 9.14. The van der Waals surface area contributed by atoms with Gasteiger partial charge in [0.25, 0.3) is 0 Å². The Kier molecular flexibility index (Phi) is 6.77. The van der Waals surface area contributed by atoms with Crippen molar-refractivity contribution in [3.8, 4) is 5.75 Å². The number of aromatic nitrogens is 2. The van der Waals surface area contributed by atoms with Gasteiger partial charge >= 0.3 is 11.9 Å². The summed E-state index contributed by atoms with van der Waals surface area (Å²) in [6.45, 7) is 4.08. The van der Waals surface area contributed by atoms with E-state index in [1.54, 1.807) is 18.3 Å². The first-order valence-electron chi connectivity index (χ1n) is 8.53. The number of hydrogen-bond acceptors (Lipinski definition) is 5. The first kappa shape index (κ1) is 19.5. The zero-order valence-electron chi connectivity index (χ0n) is 15.3. The van der Waals surface area contributed by atoms with Gasteiger partial charge in [-0.1, -0.05) is 19.4 Å². The third-order valence-corrected chi connectivity index (χ3v) is 4.06. The monoisotopic (exact) mass is 360 g/mol. The minimum Gasteiger partial charge on any atom is -0.496 e. The number of ether oxygens (including phenoxy) is 2. The van der Waals surface area contributed by atoms with Crippen LogP contribution in [0.15, 0.2) is 24.4 Å². The largest absolute Gasteiger partial charge is 0.496 e. The molecule has 7 heteroatoms. The van der Waals surface area contributed by atoms with E-state index in [0.29, 0.717) is 12.3 Å². The molecule has 0 amide bonds. The second-order valence-electron chi connectivity index (χ2n) is 5.97. The number of imidazole rings is 1. The average molecular weight is 360 g/mol. The first-order chi connectivity index (χ1) is 12.5. The summed E-state index contributed by atoms with van der Waals surface area (Å²) < 4.78 is 12.5. The Morgan fingerprint density at radius 1 is 1.31 bits per heavy atom. The maximum atomic E-state index is 11.2. The van der Waals surface area contributed by atoms with Crippen LogP contribution in [-0.2, 0) is 29.1 Å². The number of aryl methyl sites for hydroxylation is 1. The number of carboxylic acids is 1. The highest BCUT2D eigenvalue weighted by molar-refractivity contribution is 5.88. The molecule has 0 fully saturated rings. The molecule has 0 aliphatic carbocycles. The Labute approximate surface area is 152 Å². The molecule has 0 bridgehead atoms. The van der Waals surface area contributed by atoms with Crippen LogP contribution in [0.4, 0.5) is 0 Å². The number of carboxylic acid groups (broad SMARTS) is 1. The Morgan fingerprint density at radius 2 is 2.08 bits per heavy atom. The van der Waals surface area contributed by atoms with Gasteiger partial charge in [0.2, 0.25) is 0 Å². The summed E-state index contributed by atoms with van der Waals surface area (Å²) in [4.78, 5) is 26.8. The summed E-state index contributed by atoms with van der Waals surface area (Å²) in [5.74, 6) is 0.0461. The van der Waals surface area contributed by atoms with Gasteiger partial charge in [0.15, 0.2) is 0 Å². The molecule has 2 rings (SSSR count). The first-order valence-corrected chi connectivity index (χ1v) is 8.53. The van der Waals surface area contributed by atoms with E-state index in [0.717, 1.165) is 36.3 Å². The van der Waals surface area contributed by atoms with E-state index in [1.165, 1.54) is 20.1 Å². The van der Waals surface area contributed by atoms with Crippen molar-refractivity contribution >= 4 is 11.9 Å². The molecule has 1 heterocycles. The Hall–Kier alpha value is -2.83. The van der Waals surface area contributed by atoms with Gasteiger partial charge in [0.05, 0.1) is 31.1 Å². The number of carbonyl (C=O) groups excluding carboxylic acids is 1. The van der Waals surface area contributed by atoms with E-state index < -0.39 is 5.97 Å². The molecule has 1 aromatic carbocycles. The predicted molar refractivity (Wildman–Crippen MR) is 95.4 cm³/mol. The van der Waals surface area contributed by atoms with Crippen molar-refractivity contribution in [2.45, 2.75) is 46.3 Å². The van der Waals surface area contributed by atoms with Crippen molar-refractivity contribution in [1.29, 1.82) is 0 Å². The SMILES string of the molecule is CCCCc1ncc(COC(C)=O)n1Cc1ccc(C(=O)O)cc1OC. The molecule has 0 saturated carbocycles. The molecule has 0 radical (unpaired) electrons. The topological polar surface area (TPSA) is 90.7 Å². The van der Waals surface area contributed by atoms with E-state index in [-0.39, 0.29) is 18.1 Å². The lowest BCUT2D eigenvalue weighted by Gasteiger charge is -2.15. The van der Waals surface area contributed by atoms with Crippen LogP contribution >= 0.6 is 0 Å². The highest BCUT2D eigenvalue weighted by atomic mass is 16.5. The normalized spacial score (nSPS) is 10.6. The maximum absolute atomic E-state index is 11.2. The van der Waals surface area contributed by atoms with Crippen molar-refractivity contribution in [1.82, 2.24) is 9.55 Å². The maximum Gasteiger partial charge on any atom is 0.335 e. The highest BCUT2D eigenvalue weighted by Gasteiger charge is 2.15. The average Bonchev–Trinajstić information content (AvgIpc) is 2.99. The van der Waals surface area contributed by atoms with Crippen LogP contribution in [0.2, 0.25) is 0 Å². The van der Waals surface area contributed by atoms with Crippen molar-refractivity contribution in [3.05, 3.63) is 47.0 Å². The third kappa shape index (κ3) is 4.84. The molecular weight excluding hydrogens is 336 g/mol. The van der Waals surface area contributed by atoms with Crippen LogP contribution in [0.25, 0.3) is 0 Å². The molecule has 0 aliphatic rings. The number of carbonyl (C=O) groups is 2. The molecule has 0 saturated heterocycles. The second-order valence-corrected chi connectivity index (χ2v) is 5.97. The molecule has 26 heavy (non-hydrogen) atoms. The van der Waals surface area contributed by atoms with Gasteiger partial charge in [-0.05, 0) is 18.6 Å². The number of esters is 1. The molecule has 0 spiro atoms. The van der Waals surface area contributed by atoms with Crippen molar-refractivity contribution in [3.63, 3.8) is 0 Å². The van der Waals surface area contributed by atoms with Crippen LogP contribution in [0.1, 0.15) is 54.1 Å². The van der Waals surface area contributed by atoms with E-state index >= 15 is 0 Å². The zero-order valence-corrected chi connectivity index (χ0v) is 15.3. The van der Waals surface area contributed by atoms with Crippen molar-refractivity contribution < 1.29 is 24.2 Å². The van der Waals surface area contributed by atoms with Gasteiger partial charge in [0.1, 0.15) is 18.2 Å². The van der Waals surface area contributed by atoms with Gasteiger partial charge in [0, 0.05) is 18.9 Å². The van der Waals surface area contributed by atoms with Crippen LogP contribution < -0.4 is 4.74 Å². The number of methoxy groups -OCH3 is 1. The number of aromatic carboxylic acids is 1. The quantitative estimate of drug-likeness (QED) is 0.691. The molecule has 0 atom stereocenters. The number of benzene rings is 1. The molecule has 1 N–H and O–H groups in total. The van der Waals surface area contributed by atoms with E-state index in [1.807, 2.05) is 4.57 Å². The molecule has 0 unspecified atom stereocenters. The molecule has 1 aromatic heterocycles. The smallest absolute Gasteiger partial charge is 0.335 e. The van der Waals surface area contributed by atoms with E-state index in [2.05, 4.69) is 11.9 Å². The van der Waals surface area contributed by atoms with Crippen LogP contribution in [-0.4, -0.2) is 33.7 Å². The summed E-state index contributed by atoms with van der Waals surface area (Å²) >= 11 is 0. The number of unbranched alkanes of at least 4 members (excludes halogenated alkanes) is 1. The van der Waals surface area contributed by atoms with Crippen LogP contribution in [0.3, 0.4) is 0 Å². The zero-order chi connectivity index (χ0) is 19.1. The fourth-order valence-electron chi connectivity index (χ4n) is 2.65.